The van der Waals surface area contributed by atoms with Gasteiger partial charge in [-0.15, -0.1) is 0 Å². The largest absolute Gasteiger partial charge is 0.368 e. The second-order valence-electron chi connectivity index (χ2n) is 3.72. The van der Waals surface area contributed by atoms with E-state index in [4.69, 9.17) is 5.73 Å². The van der Waals surface area contributed by atoms with E-state index < -0.39 is 0 Å². The number of anilines is 2. The van der Waals surface area contributed by atoms with Crippen LogP contribution in [0.4, 0.5) is 11.8 Å². The number of hydrogen-bond acceptors (Lipinski definition) is 5. The minimum Gasteiger partial charge on any atom is -0.368 e. The van der Waals surface area contributed by atoms with Crippen molar-refractivity contribution in [3.05, 3.63) is 34.2 Å². The second kappa shape index (κ2) is 4.49. The molecule has 0 unspecified atom stereocenters. The summed E-state index contributed by atoms with van der Waals surface area (Å²) >= 11 is 1.70. The van der Waals surface area contributed by atoms with Gasteiger partial charge in [0.15, 0.2) is 0 Å². The van der Waals surface area contributed by atoms with E-state index in [9.17, 15) is 0 Å². The topological polar surface area (TPSA) is 55.0 Å². The molecule has 0 aliphatic carbocycles. The van der Waals surface area contributed by atoms with Crippen molar-refractivity contribution in [3.63, 3.8) is 0 Å². The molecular weight excluding hydrogens is 220 g/mol. The predicted molar refractivity (Wildman–Crippen MR) is 67.6 cm³/mol. The van der Waals surface area contributed by atoms with Gasteiger partial charge in [-0.3, -0.25) is 0 Å². The molecule has 2 rings (SSSR count). The molecule has 84 valence electrons. The number of hydrogen-bond donors (Lipinski definition) is 1. The quantitative estimate of drug-likeness (QED) is 0.883. The summed E-state index contributed by atoms with van der Waals surface area (Å²) in [4.78, 5) is 10.3. The monoisotopic (exact) mass is 234 g/mol. The summed E-state index contributed by atoms with van der Waals surface area (Å²) in [5.41, 5.74) is 7.91. The average Bonchev–Trinajstić information content (AvgIpc) is 2.74. The van der Waals surface area contributed by atoms with Crippen molar-refractivity contribution in [2.45, 2.75) is 13.5 Å². The van der Waals surface area contributed by atoms with Crippen molar-refractivity contribution in [1.82, 2.24) is 9.97 Å². The lowest BCUT2D eigenvalue weighted by Crippen LogP contribution is -2.19. The predicted octanol–water partition coefficient (Wildman–Crippen LogP) is 2.07. The fraction of sp³-hybridized carbons (Fsp3) is 0.273. The zero-order valence-corrected chi connectivity index (χ0v) is 10.2. The molecule has 0 aliphatic rings. The van der Waals surface area contributed by atoms with Crippen molar-refractivity contribution >= 4 is 23.1 Å². The number of nitrogens with two attached hydrogens (primary N) is 1. The Kier molecular flexibility index (Phi) is 3.05. The maximum atomic E-state index is 5.59. The first-order valence-electron chi connectivity index (χ1n) is 4.98. The highest BCUT2D eigenvalue weighted by molar-refractivity contribution is 7.07. The second-order valence-corrected chi connectivity index (χ2v) is 4.50. The third-order valence-electron chi connectivity index (χ3n) is 2.33. The molecule has 2 aromatic rings. The van der Waals surface area contributed by atoms with Gasteiger partial charge in [0.2, 0.25) is 5.95 Å². The van der Waals surface area contributed by atoms with Gasteiger partial charge < -0.3 is 10.6 Å². The van der Waals surface area contributed by atoms with E-state index in [1.165, 1.54) is 5.56 Å². The lowest BCUT2D eigenvalue weighted by Gasteiger charge is -2.19. The highest BCUT2D eigenvalue weighted by atomic mass is 32.1. The Balaban J connectivity index is 2.20. The van der Waals surface area contributed by atoms with Crippen molar-refractivity contribution in [1.29, 1.82) is 0 Å². The van der Waals surface area contributed by atoms with Crippen LogP contribution in [0.1, 0.15) is 11.1 Å². The minimum absolute atomic E-state index is 0.317. The van der Waals surface area contributed by atoms with Crippen LogP contribution < -0.4 is 10.6 Å². The third-order valence-corrected chi connectivity index (χ3v) is 3.06. The van der Waals surface area contributed by atoms with Crippen LogP contribution in [0, 0.1) is 6.92 Å². The van der Waals surface area contributed by atoms with Crippen LogP contribution in [-0.4, -0.2) is 17.0 Å². The van der Waals surface area contributed by atoms with E-state index in [0.29, 0.717) is 5.95 Å². The summed E-state index contributed by atoms with van der Waals surface area (Å²) in [6.45, 7) is 2.82. The molecule has 0 amide bonds. The lowest BCUT2D eigenvalue weighted by molar-refractivity contribution is 0.888. The maximum Gasteiger partial charge on any atom is 0.221 e. The minimum atomic E-state index is 0.317. The Morgan fingerprint density at radius 1 is 1.50 bits per heavy atom. The molecule has 2 heterocycles. The Bertz CT molecular complexity index is 467. The van der Waals surface area contributed by atoms with Gasteiger partial charge in [-0.1, -0.05) is 0 Å². The van der Waals surface area contributed by atoms with Gasteiger partial charge in [0.1, 0.15) is 5.82 Å². The first kappa shape index (κ1) is 10.9. The number of thiophene rings is 1. The summed E-state index contributed by atoms with van der Waals surface area (Å²) in [6, 6.07) is 2.11. The van der Waals surface area contributed by atoms with Crippen LogP contribution in [0.2, 0.25) is 0 Å². The van der Waals surface area contributed by atoms with Crippen LogP contribution in [0.15, 0.2) is 23.0 Å². The molecule has 0 aromatic carbocycles. The highest BCUT2D eigenvalue weighted by Gasteiger charge is 2.08. The van der Waals surface area contributed by atoms with E-state index >= 15 is 0 Å². The molecule has 4 nitrogen and oxygen atoms in total. The van der Waals surface area contributed by atoms with Crippen molar-refractivity contribution in [2.24, 2.45) is 0 Å². The van der Waals surface area contributed by atoms with E-state index in [2.05, 4.69) is 31.7 Å². The molecule has 2 N–H and O–H groups in total. The van der Waals surface area contributed by atoms with Crippen molar-refractivity contribution < 1.29 is 0 Å². The van der Waals surface area contributed by atoms with Crippen LogP contribution in [0.25, 0.3) is 0 Å². The van der Waals surface area contributed by atoms with Gasteiger partial charge in [-0.25, -0.2) is 4.98 Å². The van der Waals surface area contributed by atoms with Crippen molar-refractivity contribution in [2.75, 3.05) is 17.7 Å². The molecule has 0 radical (unpaired) electrons. The van der Waals surface area contributed by atoms with Crippen LogP contribution in [0.3, 0.4) is 0 Å². The fourth-order valence-electron chi connectivity index (χ4n) is 1.56. The zero-order valence-electron chi connectivity index (χ0n) is 9.34. The Labute approximate surface area is 98.8 Å². The summed E-state index contributed by atoms with van der Waals surface area (Å²) in [5, 5.41) is 4.21. The van der Waals surface area contributed by atoms with Crippen LogP contribution in [-0.2, 0) is 6.54 Å². The lowest BCUT2D eigenvalue weighted by atomic mass is 10.3. The standard InChI is InChI=1S/C11H14N4S/c1-8-5-13-11(12)14-10(8)15(2)6-9-3-4-16-7-9/h3-5,7H,6H2,1-2H3,(H2,12,13,14). The number of rotatable bonds is 3. The Morgan fingerprint density at radius 2 is 2.31 bits per heavy atom. The van der Waals surface area contributed by atoms with Gasteiger partial charge >= 0.3 is 0 Å². The number of aryl methyl sites for hydroxylation is 1. The number of aromatic nitrogens is 2. The maximum absolute atomic E-state index is 5.59. The van der Waals surface area contributed by atoms with E-state index in [1.54, 1.807) is 17.5 Å². The third kappa shape index (κ3) is 2.30. The normalized spacial score (nSPS) is 10.4. The Hall–Kier alpha value is -1.62. The molecule has 2 aromatic heterocycles. The molecule has 5 heteroatoms. The smallest absolute Gasteiger partial charge is 0.221 e. The van der Waals surface area contributed by atoms with E-state index in [1.807, 2.05) is 14.0 Å². The molecule has 0 atom stereocenters. The van der Waals surface area contributed by atoms with E-state index in [-0.39, 0.29) is 0 Å². The van der Waals surface area contributed by atoms with Crippen LogP contribution >= 0.6 is 11.3 Å². The SMILES string of the molecule is Cc1cnc(N)nc1N(C)Cc1ccsc1. The summed E-state index contributed by atoms with van der Waals surface area (Å²) < 4.78 is 0. The highest BCUT2D eigenvalue weighted by Crippen LogP contribution is 2.18. The molecular formula is C11H14N4S. The molecule has 0 bridgehead atoms. The van der Waals surface area contributed by atoms with Crippen molar-refractivity contribution in [3.8, 4) is 0 Å². The zero-order chi connectivity index (χ0) is 11.5. The molecule has 0 fully saturated rings. The van der Waals surface area contributed by atoms with Gasteiger partial charge in [-0.05, 0) is 29.3 Å². The average molecular weight is 234 g/mol. The number of nitrogens with zero attached hydrogens (tertiary/aromatic N) is 3. The molecule has 0 spiro atoms. The summed E-state index contributed by atoms with van der Waals surface area (Å²) in [6.07, 6.45) is 1.75. The van der Waals surface area contributed by atoms with Gasteiger partial charge in [-0.2, -0.15) is 16.3 Å². The molecule has 0 aliphatic heterocycles. The molecule has 0 saturated heterocycles. The van der Waals surface area contributed by atoms with Gasteiger partial charge in [0.05, 0.1) is 0 Å². The van der Waals surface area contributed by atoms with E-state index in [0.717, 1.165) is 17.9 Å². The molecule has 0 saturated carbocycles. The first-order valence-corrected chi connectivity index (χ1v) is 5.92. The number of nitrogen functional groups attached to an aromatic ring is 1. The van der Waals surface area contributed by atoms with Gasteiger partial charge in [0, 0.05) is 25.4 Å². The summed E-state index contributed by atoms with van der Waals surface area (Å²) in [5.74, 6) is 1.21. The van der Waals surface area contributed by atoms with Crippen LogP contribution in [0.5, 0.6) is 0 Å². The molecule has 16 heavy (non-hydrogen) atoms. The van der Waals surface area contributed by atoms with Gasteiger partial charge in [0.25, 0.3) is 0 Å². The Morgan fingerprint density at radius 3 is 3.00 bits per heavy atom. The summed E-state index contributed by atoms with van der Waals surface area (Å²) in [7, 11) is 2.01. The fourth-order valence-corrected chi connectivity index (χ4v) is 2.22. The first-order chi connectivity index (χ1) is 7.66.